The Balaban J connectivity index is 1.39. The average molecular weight is 354 g/mol. The Bertz CT molecular complexity index is 761. The zero-order valence-corrected chi connectivity index (χ0v) is 15.0. The van der Waals surface area contributed by atoms with Crippen LogP contribution in [-0.4, -0.2) is 39.8 Å². The van der Waals surface area contributed by atoms with Crippen LogP contribution >= 0.6 is 0 Å². The van der Waals surface area contributed by atoms with Crippen LogP contribution in [0.5, 0.6) is 0 Å². The minimum atomic E-state index is -0.0264. The lowest BCUT2D eigenvalue weighted by molar-refractivity contribution is -0.135. The molecule has 6 nitrogen and oxygen atoms in total. The summed E-state index contributed by atoms with van der Waals surface area (Å²) < 4.78 is 0. The zero-order valence-electron chi connectivity index (χ0n) is 15.0. The first kappa shape index (κ1) is 17.1. The number of likely N-dealkylation sites (tertiary alicyclic amines) is 1. The first-order valence-corrected chi connectivity index (χ1v) is 9.74. The molecular formula is C20H26N4O2. The van der Waals surface area contributed by atoms with E-state index in [4.69, 9.17) is 0 Å². The van der Waals surface area contributed by atoms with Gasteiger partial charge >= 0.3 is 0 Å². The molecule has 2 heterocycles. The molecule has 2 amide bonds. The maximum atomic E-state index is 12.7. The highest BCUT2D eigenvalue weighted by Crippen LogP contribution is 2.31. The fourth-order valence-corrected chi connectivity index (χ4v) is 4.25. The van der Waals surface area contributed by atoms with E-state index in [1.165, 1.54) is 6.42 Å². The molecule has 2 aliphatic rings. The molecular weight excluding hydrogens is 328 g/mol. The van der Waals surface area contributed by atoms with Gasteiger partial charge in [-0.3, -0.25) is 9.59 Å². The fraction of sp³-hybridized carbons (Fsp3) is 0.550. The van der Waals surface area contributed by atoms with Gasteiger partial charge in [0.25, 0.3) is 0 Å². The van der Waals surface area contributed by atoms with Crippen molar-refractivity contribution in [2.75, 3.05) is 13.1 Å². The molecule has 2 fully saturated rings. The van der Waals surface area contributed by atoms with Crippen molar-refractivity contribution < 1.29 is 9.59 Å². The van der Waals surface area contributed by atoms with Crippen LogP contribution in [0.15, 0.2) is 24.3 Å². The van der Waals surface area contributed by atoms with Crippen molar-refractivity contribution in [3.05, 3.63) is 30.1 Å². The van der Waals surface area contributed by atoms with Gasteiger partial charge in [-0.1, -0.05) is 31.4 Å². The van der Waals surface area contributed by atoms with Crippen molar-refractivity contribution >= 4 is 22.8 Å². The lowest BCUT2D eigenvalue weighted by Crippen LogP contribution is -2.42. The van der Waals surface area contributed by atoms with Crippen LogP contribution in [0.4, 0.5) is 0 Å². The molecule has 1 aliphatic heterocycles. The van der Waals surface area contributed by atoms with E-state index < -0.39 is 0 Å². The van der Waals surface area contributed by atoms with E-state index in [0.29, 0.717) is 0 Å². The molecule has 4 rings (SSSR count). The molecule has 0 bridgehead atoms. The summed E-state index contributed by atoms with van der Waals surface area (Å²) in [6.07, 6.45) is 7.22. The second-order valence-corrected chi connectivity index (χ2v) is 7.44. The Labute approximate surface area is 153 Å². The summed E-state index contributed by atoms with van der Waals surface area (Å²) in [7, 11) is 0. The van der Waals surface area contributed by atoms with Crippen LogP contribution in [0.1, 0.15) is 56.8 Å². The van der Waals surface area contributed by atoms with E-state index in [1.807, 2.05) is 29.2 Å². The van der Waals surface area contributed by atoms with Gasteiger partial charge in [0.05, 0.1) is 23.6 Å². The summed E-state index contributed by atoms with van der Waals surface area (Å²) in [4.78, 5) is 34.9. The standard InChI is InChI=1S/C20H26N4O2/c25-18(13-21-20(26)14-7-2-1-3-8-14)24-12-6-11-17(24)19-22-15-9-4-5-10-16(15)23-19/h4-5,9-10,14,17H,1-3,6-8,11-13H2,(H,21,26)(H,22,23)/t17-/m0/s1. The molecule has 6 heteroatoms. The van der Waals surface area contributed by atoms with Gasteiger partial charge in [0.15, 0.2) is 0 Å². The highest BCUT2D eigenvalue weighted by molar-refractivity contribution is 5.86. The van der Waals surface area contributed by atoms with Gasteiger partial charge in [-0.25, -0.2) is 4.98 Å². The summed E-state index contributed by atoms with van der Waals surface area (Å²) in [5, 5.41) is 2.87. The molecule has 0 unspecified atom stereocenters. The number of para-hydroxylation sites is 2. The number of hydrogen-bond acceptors (Lipinski definition) is 3. The summed E-state index contributed by atoms with van der Waals surface area (Å²) in [5.41, 5.74) is 1.92. The SMILES string of the molecule is O=C(NCC(=O)N1CCC[C@H]1c1nc2ccccc2[nH]1)C1CCCCC1. The minimum absolute atomic E-state index is 0.0166. The predicted octanol–water partition coefficient (Wildman–Crippen LogP) is 2.92. The number of carbonyl (C=O) groups excluding carboxylic acids is 2. The molecule has 138 valence electrons. The number of nitrogens with zero attached hydrogens (tertiary/aromatic N) is 2. The molecule has 1 atom stereocenters. The number of carbonyl (C=O) groups is 2. The maximum Gasteiger partial charge on any atom is 0.242 e. The Hall–Kier alpha value is -2.37. The van der Waals surface area contributed by atoms with Crippen LogP contribution in [0.3, 0.4) is 0 Å². The molecule has 26 heavy (non-hydrogen) atoms. The quantitative estimate of drug-likeness (QED) is 0.886. The minimum Gasteiger partial charge on any atom is -0.347 e. The number of rotatable bonds is 4. The van der Waals surface area contributed by atoms with Crippen molar-refractivity contribution in [3.8, 4) is 0 Å². The van der Waals surface area contributed by atoms with E-state index >= 15 is 0 Å². The number of aromatic nitrogens is 2. The maximum absolute atomic E-state index is 12.7. The number of benzene rings is 1. The summed E-state index contributed by atoms with van der Waals surface area (Å²) in [6, 6.07) is 7.88. The van der Waals surface area contributed by atoms with Crippen LogP contribution in [0, 0.1) is 5.92 Å². The van der Waals surface area contributed by atoms with Crippen molar-refractivity contribution in [1.29, 1.82) is 0 Å². The van der Waals surface area contributed by atoms with Gasteiger partial charge in [-0.15, -0.1) is 0 Å². The van der Waals surface area contributed by atoms with Crippen LogP contribution in [0.2, 0.25) is 0 Å². The second-order valence-electron chi connectivity index (χ2n) is 7.44. The molecule has 2 N–H and O–H groups in total. The Morgan fingerprint density at radius 1 is 1.12 bits per heavy atom. The molecule has 2 aromatic rings. The second kappa shape index (κ2) is 7.48. The largest absolute Gasteiger partial charge is 0.347 e. The number of hydrogen-bond donors (Lipinski definition) is 2. The van der Waals surface area contributed by atoms with E-state index in [9.17, 15) is 9.59 Å². The molecule has 0 spiro atoms. The summed E-state index contributed by atoms with van der Waals surface area (Å²) >= 11 is 0. The van der Waals surface area contributed by atoms with E-state index in [-0.39, 0.29) is 30.3 Å². The zero-order chi connectivity index (χ0) is 17.9. The molecule has 1 saturated carbocycles. The molecule has 1 aromatic heterocycles. The predicted molar refractivity (Wildman–Crippen MR) is 99.4 cm³/mol. The third kappa shape index (κ3) is 3.45. The number of H-pyrrole nitrogens is 1. The van der Waals surface area contributed by atoms with Gasteiger partial charge in [-0.05, 0) is 37.8 Å². The van der Waals surface area contributed by atoms with Gasteiger partial charge < -0.3 is 15.2 Å². The number of imidazole rings is 1. The topological polar surface area (TPSA) is 78.1 Å². The first-order chi connectivity index (χ1) is 12.7. The molecule has 0 radical (unpaired) electrons. The third-order valence-electron chi connectivity index (χ3n) is 5.69. The smallest absolute Gasteiger partial charge is 0.242 e. The van der Waals surface area contributed by atoms with Crippen molar-refractivity contribution in [2.24, 2.45) is 5.92 Å². The van der Waals surface area contributed by atoms with Crippen LogP contribution in [0.25, 0.3) is 11.0 Å². The van der Waals surface area contributed by atoms with E-state index in [0.717, 1.165) is 61.9 Å². The highest BCUT2D eigenvalue weighted by atomic mass is 16.2. The normalized spacial score (nSPS) is 21.2. The third-order valence-corrected chi connectivity index (χ3v) is 5.69. The van der Waals surface area contributed by atoms with Gasteiger partial charge in [0.2, 0.25) is 11.8 Å². The van der Waals surface area contributed by atoms with Gasteiger partial charge in [-0.2, -0.15) is 0 Å². The molecule has 1 aliphatic carbocycles. The lowest BCUT2D eigenvalue weighted by Gasteiger charge is -2.25. The highest BCUT2D eigenvalue weighted by Gasteiger charge is 2.32. The van der Waals surface area contributed by atoms with Crippen molar-refractivity contribution in [1.82, 2.24) is 20.2 Å². The Morgan fingerprint density at radius 3 is 2.73 bits per heavy atom. The summed E-state index contributed by atoms with van der Waals surface area (Å²) in [5.74, 6) is 0.951. The Kier molecular flexibility index (Phi) is 4.91. The van der Waals surface area contributed by atoms with Gasteiger partial charge in [0, 0.05) is 12.5 Å². The van der Waals surface area contributed by atoms with Crippen LogP contribution in [-0.2, 0) is 9.59 Å². The Morgan fingerprint density at radius 2 is 1.92 bits per heavy atom. The summed E-state index contributed by atoms with van der Waals surface area (Å²) in [6.45, 7) is 0.811. The van der Waals surface area contributed by atoms with Crippen LogP contribution < -0.4 is 5.32 Å². The van der Waals surface area contributed by atoms with E-state index in [1.54, 1.807) is 0 Å². The first-order valence-electron chi connectivity index (χ1n) is 9.74. The number of nitrogens with one attached hydrogen (secondary N) is 2. The van der Waals surface area contributed by atoms with Crippen molar-refractivity contribution in [2.45, 2.75) is 51.0 Å². The number of aromatic amines is 1. The monoisotopic (exact) mass is 354 g/mol. The number of fused-ring (bicyclic) bond motifs is 1. The van der Waals surface area contributed by atoms with Crippen molar-refractivity contribution in [3.63, 3.8) is 0 Å². The number of amides is 2. The molecule has 1 saturated heterocycles. The molecule has 1 aromatic carbocycles. The fourth-order valence-electron chi connectivity index (χ4n) is 4.25. The average Bonchev–Trinajstić information content (AvgIpc) is 3.32. The van der Waals surface area contributed by atoms with Gasteiger partial charge in [0.1, 0.15) is 5.82 Å². The van der Waals surface area contributed by atoms with E-state index in [2.05, 4.69) is 15.3 Å². The lowest BCUT2D eigenvalue weighted by atomic mass is 9.89.